The lowest BCUT2D eigenvalue weighted by atomic mass is 10.1. The van der Waals surface area contributed by atoms with Gasteiger partial charge in [-0.05, 0) is 38.6 Å². The molecule has 1 unspecified atom stereocenters. The normalized spacial score (nSPS) is 12.7. The molecule has 0 radical (unpaired) electrons. The van der Waals surface area contributed by atoms with E-state index in [0.717, 1.165) is 25.0 Å². The quantitative estimate of drug-likeness (QED) is 0.732. The van der Waals surface area contributed by atoms with Crippen molar-refractivity contribution in [2.45, 2.75) is 46.1 Å². The van der Waals surface area contributed by atoms with Crippen LogP contribution >= 0.6 is 0 Å². The third-order valence-corrected chi connectivity index (χ3v) is 2.99. The molecule has 0 aromatic carbocycles. The van der Waals surface area contributed by atoms with Gasteiger partial charge in [-0.15, -0.1) is 5.10 Å². The standard InChI is InChI=1S/C13H25N5O/c1-10(2)6-8-15-13(19)11(3)18-9-12(16-17-18)5-4-7-14/h9-11H,4-8,14H2,1-3H3,(H,15,19). The van der Waals surface area contributed by atoms with Gasteiger partial charge in [-0.1, -0.05) is 19.1 Å². The maximum absolute atomic E-state index is 11.9. The maximum Gasteiger partial charge on any atom is 0.244 e. The number of nitrogens with one attached hydrogen (secondary N) is 1. The predicted molar refractivity (Wildman–Crippen MR) is 74.6 cm³/mol. The first-order valence-corrected chi connectivity index (χ1v) is 6.93. The SMILES string of the molecule is CC(C)CCNC(=O)C(C)n1cc(CCCN)nn1. The molecule has 1 heterocycles. The van der Waals surface area contributed by atoms with Gasteiger partial charge in [0.2, 0.25) is 5.91 Å². The molecule has 19 heavy (non-hydrogen) atoms. The molecule has 1 amide bonds. The number of nitrogens with two attached hydrogens (primary N) is 1. The van der Waals surface area contributed by atoms with E-state index >= 15 is 0 Å². The molecule has 1 atom stereocenters. The van der Waals surface area contributed by atoms with E-state index in [0.29, 0.717) is 19.0 Å². The molecular weight excluding hydrogens is 242 g/mol. The number of rotatable bonds is 8. The first kappa shape index (κ1) is 15.6. The molecule has 0 saturated heterocycles. The van der Waals surface area contributed by atoms with Crippen molar-refractivity contribution in [1.82, 2.24) is 20.3 Å². The number of amides is 1. The van der Waals surface area contributed by atoms with E-state index < -0.39 is 0 Å². The maximum atomic E-state index is 11.9. The fraction of sp³-hybridized carbons (Fsp3) is 0.769. The van der Waals surface area contributed by atoms with E-state index in [1.54, 1.807) is 4.68 Å². The van der Waals surface area contributed by atoms with Gasteiger partial charge in [-0.25, -0.2) is 4.68 Å². The molecule has 0 aliphatic rings. The summed E-state index contributed by atoms with van der Waals surface area (Å²) in [6.07, 6.45) is 4.49. The minimum atomic E-state index is -0.328. The van der Waals surface area contributed by atoms with Gasteiger partial charge in [-0.2, -0.15) is 0 Å². The third kappa shape index (κ3) is 5.38. The van der Waals surface area contributed by atoms with Gasteiger partial charge in [0.1, 0.15) is 6.04 Å². The van der Waals surface area contributed by atoms with E-state index in [4.69, 9.17) is 5.73 Å². The van der Waals surface area contributed by atoms with Crippen LogP contribution in [-0.4, -0.2) is 34.0 Å². The van der Waals surface area contributed by atoms with Gasteiger partial charge < -0.3 is 11.1 Å². The molecular formula is C13H25N5O. The Labute approximate surface area is 114 Å². The van der Waals surface area contributed by atoms with E-state index in [2.05, 4.69) is 29.5 Å². The molecule has 1 aromatic rings. The zero-order valence-electron chi connectivity index (χ0n) is 12.1. The van der Waals surface area contributed by atoms with Crippen molar-refractivity contribution in [2.75, 3.05) is 13.1 Å². The van der Waals surface area contributed by atoms with Crippen LogP contribution < -0.4 is 11.1 Å². The second-order valence-electron chi connectivity index (χ2n) is 5.23. The zero-order valence-corrected chi connectivity index (χ0v) is 12.1. The highest BCUT2D eigenvalue weighted by Crippen LogP contribution is 2.06. The number of aryl methyl sites for hydroxylation is 1. The first-order chi connectivity index (χ1) is 9.04. The predicted octanol–water partition coefficient (Wildman–Crippen LogP) is 0.893. The van der Waals surface area contributed by atoms with Gasteiger partial charge in [0.25, 0.3) is 0 Å². The van der Waals surface area contributed by atoms with Gasteiger partial charge in [0.05, 0.1) is 5.69 Å². The average molecular weight is 267 g/mol. The van der Waals surface area contributed by atoms with E-state index in [9.17, 15) is 4.79 Å². The summed E-state index contributed by atoms with van der Waals surface area (Å²) >= 11 is 0. The lowest BCUT2D eigenvalue weighted by Crippen LogP contribution is -2.32. The molecule has 1 rings (SSSR count). The van der Waals surface area contributed by atoms with Gasteiger partial charge in [-0.3, -0.25) is 4.79 Å². The molecule has 0 aliphatic carbocycles. The monoisotopic (exact) mass is 267 g/mol. The number of carbonyl (C=O) groups excluding carboxylic acids is 1. The molecule has 108 valence electrons. The molecule has 0 spiro atoms. The summed E-state index contributed by atoms with van der Waals surface area (Å²) in [7, 11) is 0. The molecule has 0 bridgehead atoms. The summed E-state index contributed by atoms with van der Waals surface area (Å²) in [6.45, 7) is 7.44. The Bertz CT molecular complexity index is 388. The Hall–Kier alpha value is -1.43. The summed E-state index contributed by atoms with van der Waals surface area (Å²) in [6, 6.07) is -0.328. The van der Waals surface area contributed by atoms with Gasteiger partial charge in [0.15, 0.2) is 0 Å². The van der Waals surface area contributed by atoms with Crippen molar-refractivity contribution in [3.05, 3.63) is 11.9 Å². The van der Waals surface area contributed by atoms with Crippen molar-refractivity contribution in [3.63, 3.8) is 0 Å². The first-order valence-electron chi connectivity index (χ1n) is 6.93. The van der Waals surface area contributed by atoms with Gasteiger partial charge >= 0.3 is 0 Å². The lowest BCUT2D eigenvalue weighted by molar-refractivity contribution is -0.124. The van der Waals surface area contributed by atoms with Crippen LogP contribution in [-0.2, 0) is 11.2 Å². The number of hydrogen-bond donors (Lipinski definition) is 2. The Morgan fingerprint density at radius 2 is 2.21 bits per heavy atom. The van der Waals surface area contributed by atoms with Crippen LogP contribution in [0.15, 0.2) is 6.20 Å². The molecule has 0 fully saturated rings. The Morgan fingerprint density at radius 3 is 2.84 bits per heavy atom. The Balaban J connectivity index is 2.45. The molecule has 3 N–H and O–H groups in total. The number of nitrogens with zero attached hydrogens (tertiary/aromatic N) is 3. The fourth-order valence-electron chi connectivity index (χ4n) is 1.65. The molecule has 6 nitrogen and oxygen atoms in total. The zero-order chi connectivity index (χ0) is 14.3. The van der Waals surface area contributed by atoms with Gasteiger partial charge in [0, 0.05) is 12.7 Å². The summed E-state index contributed by atoms with van der Waals surface area (Å²) < 4.78 is 1.61. The molecule has 0 aliphatic heterocycles. The highest BCUT2D eigenvalue weighted by molar-refractivity contribution is 5.79. The van der Waals surface area contributed by atoms with Crippen LogP contribution in [0, 0.1) is 5.92 Å². The van der Waals surface area contributed by atoms with E-state index in [1.807, 2.05) is 13.1 Å². The van der Waals surface area contributed by atoms with Crippen LogP contribution in [0.3, 0.4) is 0 Å². The Morgan fingerprint density at radius 1 is 1.47 bits per heavy atom. The van der Waals surface area contributed by atoms with Crippen molar-refractivity contribution in [1.29, 1.82) is 0 Å². The molecule has 6 heteroatoms. The summed E-state index contributed by atoms with van der Waals surface area (Å²) in [4.78, 5) is 11.9. The highest BCUT2D eigenvalue weighted by Gasteiger charge is 2.16. The van der Waals surface area contributed by atoms with E-state index in [1.165, 1.54) is 0 Å². The largest absolute Gasteiger partial charge is 0.354 e. The smallest absolute Gasteiger partial charge is 0.244 e. The average Bonchev–Trinajstić information content (AvgIpc) is 2.83. The summed E-state index contributed by atoms with van der Waals surface area (Å²) in [5.41, 5.74) is 6.33. The Kier molecular flexibility index (Phi) is 6.49. The van der Waals surface area contributed by atoms with Crippen molar-refractivity contribution >= 4 is 5.91 Å². The third-order valence-electron chi connectivity index (χ3n) is 2.99. The molecule has 0 saturated carbocycles. The van der Waals surface area contributed by atoms with E-state index in [-0.39, 0.29) is 11.9 Å². The van der Waals surface area contributed by atoms with Crippen LogP contribution in [0.5, 0.6) is 0 Å². The minimum absolute atomic E-state index is 0.0177. The number of hydrogen-bond acceptors (Lipinski definition) is 4. The summed E-state index contributed by atoms with van der Waals surface area (Å²) in [5, 5.41) is 11.0. The number of carbonyl (C=O) groups is 1. The second-order valence-corrected chi connectivity index (χ2v) is 5.23. The minimum Gasteiger partial charge on any atom is -0.354 e. The van der Waals surface area contributed by atoms with Crippen LogP contribution in [0.25, 0.3) is 0 Å². The van der Waals surface area contributed by atoms with Crippen molar-refractivity contribution < 1.29 is 4.79 Å². The summed E-state index contributed by atoms with van der Waals surface area (Å²) in [5.74, 6) is 0.570. The lowest BCUT2D eigenvalue weighted by Gasteiger charge is -2.12. The van der Waals surface area contributed by atoms with Crippen LogP contribution in [0.2, 0.25) is 0 Å². The molecule has 1 aromatic heterocycles. The second kappa shape index (κ2) is 7.89. The van der Waals surface area contributed by atoms with Crippen LogP contribution in [0.4, 0.5) is 0 Å². The topological polar surface area (TPSA) is 85.8 Å². The van der Waals surface area contributed by atoms with Crippen molar-refractivity contribution in [2.24, 2.45) is 11.7 Å². The van der Waals surface area contributed by atoms with Crippen molar-refractivity contribution in [3.8, 4) is 0 Å². The fourth-order valence-corrected chi connectivity index (χ4v) is 1.65. The number of aromatic nitrogens is 3. The highest BCUT2D eigenvalue weighted by atomic mass is 16.2. The van der Waals surface area contributed by atoms with Crippen LogP contribution in [0.1, 0.15) is 45.3 Å².